The van der Waals surface area contributed by atoms with Crippen LogP contribution in [0.3, 0.4) is 0 Å². The van der Waals surface area contributed by atoms with E-state index in [0.29, 0.717) is 36.3 Å². The molecule has 0 radical (unpaired) electrons. The van der Waals surface area contributed by atoms with E-state index in [2.05, 4.69) is 41.2 Å². The second-order valence-corrected chi connectivity index (χ2v) is 8.72. The maximum absolute atomic E-state index is 6.23. The average molecular weight is 454 g/mol. The van der Waals surface area contributed by atoms with Crippen LogP contribution in [0.5, 0.6) is 0 Å². The number of benzene rings is 1. The van der Waals surface area contributed by atoms with E-state index in [4.69, 9.17) is 15.7 Å². The van der Waals surface area contributed by atoms with Crippen LogP contribution < -0.4 is 16.0 Å². The van der Waals surface area contributed by atoms with E-state index in [0.717, 1.165) is 40.1 Å². The van der Waals surface area contributed by atoms with Crippen molar-refractivity contribution in [1.29, 1.82) is 0 Å². The molecular formula is C19H20BrN9. The van der Waals surface area contributed by atoms with Gasteiger partial charge in [-0.3, -0.25) is 0 Å². The number of piperidine rings is 2. The molecule has 2 aliphatic heterocycles. The lowest BCUT2D eigenvalue weighted by Gasteiger charge is -2.52. The number of imidazole rings is 1. The van der Waals surface area contributed by atoms with E-state index >= 15 is 0 Å². The van der Waals surface area contributed by atoms with Crippen molar-refractivity contribution in [2.75, 3.05) is 23.3 Å². The van der Waals surface area contributed by atoms with Crippen molar-refractivity contribution >= 4 is 44.5 Å². The van der Waals surface area contributed by atoms with E-state index in [1.807, 2.05) is 24.3 Å². The lowest BCUT2D eigenvalue weighted by molar-refractivity contribution is 0.115. The number of aromatic nitrogens is 6. The molecule has 10 heteroatoms. The lowest BCUT2D eigenvalue weighted by atomic mass is 9.67. The molecule has 7 rings (SSSR count). The maximum atomic E-state index is 6.23. The summed E-state index contributed by atoms with van der Waals surface area (Å²) in [7, 11) is 0. The highest BCUT2D eigenvalue weighted by molar-refractivity contribution is 9.10. The molecule has 4 aromatic rings. The molecule has 4 N–H and O–H groups in total. The highest BCUT2D eigenvalue weighted by atomic mass is 79.9. The summed E-state index contributed by atoms with van der Waals surface area (Å²) < 4.78 is 2.55. The van der Waals surface area contributed by atoms with E-state index in [9.17, 15) is 0 Å². The Hall–Kier alpha value is -2.72. The van der Waals surface area contributed by atoms with Crippen LogP contribution in [-0.2, 0) is 6.54 Å². The SMILES string of the molecule is N[C@@H]1[C@@H]2C[C@H]1CN(c1nc(NCc3nc4ccccc4[nH]3)n3ncc(Br)c3n1)C2. The topological polar surface area (TPSA) is 113 Å². The number of aromatic amines is 1. The molecule has 0 unspecified atom stereocenters. The van der Waals surface area contributed by atoms with Gasteiger partial charge in [-0.1, -0.05) is 12.1 Å². The van der Waals surface area contributed by atoms with Crippen LogP contribution in [-0.4, -0.2) is 48.7 Å². The van der Waals surface area contributed by atoms with E-state index in [1.165, 1.54) is 6.42 Å². The Morgan fingerprint density at radius 3 is 2.79 bits per heavy atom. The van der Waals surface area contributed by atoms with Gasteiger partial charge in [-0.2, -0.15) is 19.6 Å². The second-order valence-electron chi connectivity index (χ2n) is 7.87. The largest absolute Gasteiger partial charge is 0.347 e. The number of rotatable bonds is 4. The quantitative estimate of drug-likeness (QED) is 0.433. The number of hydrogen-bond donors (Lipinski definition) is 3. The van der Waals surface area contributed by atoms with Crippen molar-refractivity contribution in [2.24, 2.45) is 17.6 Å². The Morgan fingerprint density at radius 1 is 1.17 bits per heavy atom. The van der Waals surface area contributed by atoms with Gasteiger partial charge in [-0.15, -0.1) is 0 Å². The first-order valence-electron chi connectivity index (χ1n) is 9.75. The molecule has 0 amide bonds. The zero-order valence-electron chi connectivity index (χ0n) is 15.6. The molecular weight excluding hydrogens is 434 g/mol. The first kappa shape index (κ1) is 17.2. The van der Waals surface area contributed by atoms with Crippen LogP contribution in [0.2, 0.25) is 0 Å². The summed E-state index contributed by atoms with van der Waals surface area (Å²) in [5.41, 5.74) is 8.93. The van der Waals surface area contributed by atoms with E-state index in [1.54, 1.807) is 10.7 Å². The van der Waals surface area contributed by atoms with Gasteiger partial charge in [0, 0.05) is 19.1 Å². The molecule has 3 aromatic heterocycles. The van der Waals surface area contributed by atoms with Crippen LogP contribution in [0.25, 0.3) is 16.7 Å². The van der Waals surface area contributed by atoms with Crippen LogP contribution in [0.15, 0.2) is 34.9 Å². The van der Waals surface area contributed by atoms with E-state index in [-0.39, 0.29) is 0 Å². The van der Waals surface area contributed by atoms with Gasteiger partial charge in [0.25, 0.3) is 0 Å². The molecule has 2 bridgehead atoms. The Bertz CT molecular complexity index is 1170. The highest BCUT2D eigenvalue weighted by Crippen LogP contribution is 2.39. The minimum atomic E-state index is 0.322. The third-order valence-electron chi connectivity index (χ3n) is 6.05. The number of hydrogen-bond acceptors (Lipinski definition) is 7. The van der Waals surface area contributed by atoms with Gasteiger partial charge in [0.05, 0.1) is 28.2 Å². The normalized spacial score (nSPS) is 23.5. The van der Waals surface area contributed by atoms with Crippen LogP contribution in [0.4, 0.5) is 11.9 Å². The second kappa shape index (κ2) is 6.39. The molecule has 3 atom stereocenters. The van der Waals surface area contributed by atoms with Crippen molar-refractivity contribution in [3.05, 3.63) is 40.8 Å². The van der Waals surface area contributed by atoms with Crippen LogP contribution in [0.1, 0.15) is 12.2 Å². The Balaban J connectivity index is 1.32. The summed E-state index contributed by atoms with van der Waals surface area (Å²) in [5.74, 6) is 3.27. The zero-order chi connectivity index (χ0) is 19.5. The summed E-state index contributed by atoms with van der Waals surface area (Å²) in [6, 6.07) is 8.31. The predicted octanol–water partition coefficient (Wildman–Crippen LogP) is 2.16. The Labute approximate surface area is 174 Å². The van der Waals surface area contributed by atoms with Gasteiger partial charge in [-0.25, -0.2) is 4.98 Å². The van der Waals surface area contributed by atoms with E-state index < -0.39 is 0 Å². The average Bonchev–Trinajstić information content (AvgIpc) is 3.35. The molecule has 1 aliphatic carbocycles. The predicted molar refractivity (Wildman–Crippen MR) is 114 cm³/mol. The molecule has 9 nitrogen and oxygen atoms in total. The molecule has 148 valence electrons. The van der Waals surface area contributed by atoms with Crippen LogP contribution in [0, 0.1) is 11.8 Å². The maximum Gasteiger partial charge on any atom is 0.230 e. The van der Waals surface area contributed by atoms with Gasteiger partial charge in [-0.05, 0) is 46.3 Å². The number of H-pyrrole nitrogens is 1. The fourth-order valence-corrected chi connectivity index (χ4v) is 4.78. The molecule has 1 aromatic carbocycles. The van der Waals surface area contributed by atoms with Crippen molar-refractivity contribution in [3.8, 4) is 0 Å². The first-order valence-corrected chi connectivity index (χ1v) is 10.5. The van der Waals surface area contributed by atoms with Crippen LogP contribution >= 0.6 is 15.9 Å². The first-order chi connectivity index (χ1) is 14.2. The minimum Gasteiger partial charge on any atom is -0.347 e. The third-order valence-corrected chi connectivity index (χ3v) is 6.61. The van der Waals surface area contributed by atoms with Gasteiger partial charge < -0.3 is 20.9 Å². The number of nitrogens with two attached hydrogens (primary N) is 1. The van der Waals surface area contributed by atoms with Gasteiger partial charge >= 0.3 is 0 Å². The molecule has 3 aliphatic rings. The van der Waals surface area contributed by atoms with Crippen molar-refractivity contribution in [3.63, 3.8) is 0 Å². The molecule has 0 spiro atoms. The fourth-order valence-electron chi connectivity index (χ4n) is 4.44. The van der Waals surface area contributed by atoms with Gasteiger partial charge in [0.1, 0.15) is 5.82 Å². The smallest absolute Gasteiger partial charge is 0.230 e. The zero-order valence-corrected chi connectivity index (χ0v) is 17.2. The number of halogens is 1. The van der Waals surface area contributed by atoms with Crippen molar-refractivity contribution < 1.29 is 0 Å². The minimum absolute atomic E-state index is 0.322. The molecule has 3 fully saturated rings. The van der Waals surface area contributed by atoms with Gasteiger partial charge in [0.15, 0.2) is 5.65 Å². The Morgan fingerprint density at radius 2 is 2.00 bits per heavy atom. The highest BCUT2D eigenvalue weighted by Gasteiger charge is 2.45. The number of nitrogens with one attached hydrogen (secondary N) is 2. The number of anilines is 2. The summed E-state index contributed by atoms with van der Waals surface area (Å²) >= 11 is 3.55. The summed E-state index contributed by atoms with van der Waals surface area (Å²) in [5, 5.41) is 7.78. The molecule has 29 heavy (non-hydrogen) atoms. The third kappa shape index (κ3) is 2.77. The van der Waals surface area contributed by atoms with Crippen molar-refractivity contribution in [2.45, 2.75) is 19.0 Å². The van der Waals surface area contributed by atoms with Gasteiger partial charge in [0.2, 0.25) is 11.9 Å². The Kier molecular flexibility index (Phi) is 3.78. The molecule has 5 heterocycles. The molecule has 2 saturated heterocycles. The standard InChI is InChI=1S/C19H20BrN9/c20-12-6-23-29-17(12)26-19(28-8-10-5-11(9-28)16(10)21)27-18(29)22-7-15-24-13-3-1-2-4-14(13)25-15/h1-4,6,10-11,16H,5,7-9,21H2,(H,24,25)(H,22,26,27)/t10-,11+,16-. The number of fused-ring (bicyclic) bond motifs is 4. The summed E-state index contributed by atoms with van der Waals surface area (Å²) in [4.78, 5) is 19.7. The van der Waals surface area contributed by atoms with Crippen molar-refractivity contribution in [1.82, 2.24) is 29.5 Å². The summed E-state index contributed by atoms with van der Waals surface area (Å²) in [6.07, 6.45) is 2.96. The summed E-state index contributed by atoms with van der Waals surface area (Å²) in [6.45, 7) is 2.32. The monoisotopic (exact) mass is 453 g/mol. The molecule has 1 saturated carbocycles. The number of nitrogens with zero attached hydrogens (tertiary/aromatic N) is 6. The lowest BCUT2D eigenvalue weighted by Crippen LogP contribution is -2.62. The fraction of sp³-hybridized carbons (Fsp3) is 0.368. The number of para-hydroxylation sites is 2.